The van der Waals surface area contributed by atoms with Crippen molar-refractivity contribution in [3.63, 3.8) is 0 Å². The van der Waals surface area contributed by atoms with Gasteiger partial charge in [-0.15, -0.1) is 0 Å². The Morgan fingerprint density at radius 2 is 2.00 bits per heavy atom. The van der Waals surface area contributed by atoms with Gasteiger partial charge in [0, 0.05) is 13.0 Å². The van der Waals surface area contributed by atoms with Crippen LogP contribution >= 0.6 is 0 Å². The van der Waals surface area contributed by atoms with E-state index >= 15 is 0 Å². The summed E-state index contributed by atoms with van der Waals surface area (Å²) in [5.41, 5.74) is 2.31. The Balaban J connectivity index is 2.61. The van der Waals surface area contributed by atoms with Crippen molar-refractivity contribution in [1.29, 1.82) is 0 Å². The van der Waals surface area contributed by atoms with Gasteiger partial charge < -0.3 is 10.1 Å². The highest BCUT2D eigenvalue weighted by Gasteiger charge is 2.15. The van der Waals surface area contributed by atoms with Crippen molar-refractivity contribution in [3.05, 3.63) is 29.3 Å². The number of benzene rings is 1. The zero-order valence-electron chi connectivity index (χ0n) is 12.7. The lowest BCUT2D eigenvalue weighted by Crippen LogP contribution is -2.27. The molecule has 1 N–H and O–H groups in total. The average molecular weight is 263 g/mol. The third-order valence-electron chi connectivity index (χ3n) is 2.91. The highest BCUT2D eigenvalue weighted by atomic mass is 16.5. The second-order valence-electron chi connectivity index (χ2n) is 6.01. The minimum Gasteiger partial charge on any atom is -0.496 e. The second kappa shape index (κ2) is 6.60. The Morgan fingerprint density at radius 1 is 1.32 bits per heavy atom. The molecule has 0 aliphatic heterocycles. The van der Waals surface area contributed by atoms with Crippen LogP contribution in [0.1, 0.15) is 45.2 Å². The summed E-state index contributed by atoms with van der Waals surface area (Å²) in [4.78, 5) is 11.8. The first-order chi connectivity index (χ1) is 8.85. The van der Waals surface area contributed by atoms with Crippen LogP contribution in [-0.2, 0) is 17.8 Å². The van der Waals surface area contributed by atoms with Crippen LogP contribution < -0.4 is 10.1 Å². The summed E-state index contributed by atoms with van der Waals surface area (Å²) in [5.74, 6) is 1.01. The molecule has 19 heavy (non-hydrogen) atoms. The molecular formula is C16H25NO2. The number of carbonyl (C=O) groups is 1. The van der Waals surface area contributed by atoms with Crippen LogP contribution in [0, 0.1) is 5.41 Å². The quantitative estimate of drug-likeness (QED) is 0.885. The summed E-state index contributed by atoms with van der Waals surface area (Å²) in [7, 11) is 1.68. The topological polar surface area (TPSA) is 38.3 Å². The maximum atomic E-state index is 11.8. The molecule has 0 aliphatic carbocycles. The molecule has 0 saturated heterocycles. The molecule has 0 bridgehead atoms. The van der Waals surface area contributed by atoms with Crippen molar-refractivity contribution in [2.24, 2.45) is 5.41 Å². The number of hydrogen-bond donors (Lipinski definition) is 1. The summed E-state index contributed by atoms with van der Waals surface area (Å²) in [6.45, 7) is 8.87. The SMILES string of the molecule is CCc1cc(CNC(=O)CC(C)(C)C)ccc1OC. The molecule has 1 aromatic rings. The molecule has 0 saturated carbocycles. The van der Waals surface area contributed by atoms with Crippen molar-refractivity contribution in [3.8, 4) is 5.75 Å². The minimum absolute atomic E-state index is 0.0264. The fourth-order valence-corrected chi connectivity index (χ4v) is 1.96. The molecule has 0 spiro atoms. The number of aryl methyl sites for hydroxylation is 1. The van der Waals surface area contributed by atoms with Crippen LogP contribution in [0.4, 0.5) is 0 Å². The number of hydrogen-bond acceptors (Lipinski definition) is 2. The Bertz CT molecular complexity index is 433. The predicted octanol–water partition coefficient (Wildman–Crippen LogP) is 3.31. The zero-order valence-corrected chi connectivity index (χ0v) is 12.7. The molecule has 0 aromatic heterocycles. The van der Waals surface area contributed by atoms with Gasteiger partial charge in [0.15, 0.2) is 0 Å². The fourth-order valence-electron chi connectivity index (χ4n) is 1.96. The van der Waals surface area contributed by atoms with Gasteiger partial charge >= 0.3 is 0 Å². The molecule has 1 amide bonds. The highest BCUT2D eigenvalue weighted by molar-refractivity contribution is 5.76. The zero-order chi connectivity index (χ0) is 14.5. The Kier molecular flexibility index (Phi) is 5.40. The van der Waals surface area contributed by atoms with Gasteiger partial charge in [-0.1, -0.05) is 39.8 Å². The van der Waals surface area contributed by atoms with E-state index in [1.165, 1.54) is 5.56 Å². The number of methoxy groups -OCH3 is 1. The van der Waals surface area contributed by atoms with Crippen LogP contribution in [0.5, 0.6) is 5.75 Å². The molecule has 106 valence electrons. The maximum Gasteiger partial charge on any atom is 0.220 e. The molecule has 0 atom stereocenters. The first-order valence-corrected chi connectivity index (χ1v) is 6.78. The monoisotopic (exact) mass is 263 g/mol. The number of ether oxygens (including phenoxy) is 1. The van der Waals surface area contributed by atoms with Gasteiger partial charge in [0.2, 0.25) is 5.91 Å². The summed E-state index contributed by atoms with van der Waals surface area (Å²) >= 11 is 0. The van der Waals surface area contributed by atoms with Crippen molar-refractivity contribution >= 4 is 5.91 Å². The molecule has 0 aliphatic rings. The standard InChI is InChI=1S/C16H25NO2/c1-6-13-9-12(7-8-14(13)19-5)11-17-15(18)10-16(2,3)4/h7-9H,6,10-11H2,1-5H3,(H,17,18). The summed E-state index contributed by atoms with van der Waals surface area (Å²) in [5, 5.41) is 2.96. The lowest BCUT2D eigenvalue weighted by Gasteiger charge is -2.17. The van der Waals surface area contributed by atoms with Crippen molar-refractivity contribution in [2.75, 3.05) is 7.11 Å². The fraction of sp³-hybridized carbons (Fsp3) is 0.562. The summed E-state index contributed by atoms with van der Waals surface area (Å²) in [6, 6.07) is 6.05. The molecule has 0 heterocycles. The number of carbonyl (C=O) groups excluding carboxylic acids is 1. The van der Waals surface area contributed by atoms with E-state index < -0.39 is 0 Å². The van der Waals surface area contributed by atoms with E-state index in [9.17, 15) is 4.79 Å². The van der Waals surface area contributed by atoms with Crippen LogP contribution in [0.2, 0.25) is 0 Å². The van der Waals surface area contributed by atoms with Crippen LogP contribution in [0.25, 0.3) is 0 Å². The van der Waals surface area contributed by atoms with E-state index in [1.54, 1.807) is 7.11 Å². The van der Waals surface area contributed by atoms with E-state index in [2.05, 4.69) is 39.1 Å². The van der Waals surface area contributed by atoms with Gasteiger partial charge in [-0.3, -0.25) is 4.79 Å². The largest absolute Gasteiger partial charge is 0.496 e. The second-order valence-corrected chi connectivity index (χ2v) is 6.01. The average Bonchev–Trinajstić information content (AvgIpc) is 2.33. The molecule has 3 heteroatoms. The van der Waals surface area contributed by atoms with Gasteiger partial charge in [0.05, 0.1) is 7.11 Å². The van der Waals surface area contributed by atoms with Gasteiger partial charge in [0.1, 0.15) is 5.75 Å². The molecule has 0 radical (unpaired) electrons. The molecular weight excluding hydrogens is 238 g/mol. The molecule has 0 unspecified atom stereocenters. The summed E-state index contributed by atoms with van der Waals surface area (Å²) in [6.07, 6.45) is 1.47. The molecule has 0 fully saturated rings. The minimum atomic E-state index is 0.0264. The highest BCUT2D eigenvalue weighted by Crippen LogP contribution is 2.21. The number of nitrogens with one attached hydrogen (secondary N) is 1. The lowest BCUT2D eigenvalue weighted by atomic mass is 9.92. The Labute approximate surface area is 116 Å². The van der Waals surface area contributed by atoms with E-state index in [0.29, 0.717) is 13.0 Å². The van der Waals surface area contributed by atoms with Gasteiger partial charge in [-0.2, -0.15) is 0 Å². The Morgan fingerprint density at radius 3 is 2.53 bits per heavy atom. The first-order valence-electron chi connectivity index (χ1n) is 6.78. The third-order valence-corrected chi connectivity index (χ3v) is 2.91. The van der Waals surface area contributed by atoms with Crippen LogP contribution in [0.15, 0.2) is 18.2 Å². The number of amides is 1. The molecule has 1 rings (SSSR count). The summed E-state index contributed by atoms with van der Waals surface area (Å²) < 4.78 is 5.30. The van der Waals surface area contributed by atoms with E-state index in [-0.39, 0.29) is 11.3 Å². The third kappa shape index (κ3) is 5.33. The van der Waals surface area contributed by atoms with E-state index in [0.717, 1.165) is 17.7 Å². The molecule has 1 aromatic carbocycles. The van der Waals surface area contributed by atoms with E-state index in [4.69, 9.17) is 4.74 Å². The van der Waals surface area contributed by atoms with Gasteiger partial charge in [-0.25, -0.2) is 0 Å². The van der Waals surface area contributed by atoms with Crippen LogP contribution in [0.3, 0.4) is 0 Å². The van der Waals surface area contributed by atoms with Crippen molar-refractivity contribution in [1.82, 2.24) is 5.32 Å². The van der Waals surface area contributed by atoms with Gasteiger partial charge in [0.25, 0.3) is 0 Å². The first kappa shape index (κ1) is 15.5. The molecule has 3 nitrogen and oxygen atoms in total. The number of rotatable bonds is 5. The van der Waals surface area contributed by atoms with Crippen LogP contribution in [-0.4, -0.2) is 13.0 Å². The smallest absolute Gasteiger partial charge is 0.220 e. The lowest BCUT2D eigenvalue weighted by molar-refractivity contribution is -0.122. The van der Waals surface area contributed by atoms with Gasteiger partial charge in [-0.05, 0) is 29.0 Å². The maximum absolute atomic E-state index is 11.8. The van der Waals surface area contributed by atoms with Crippen molar-refractivity contribution in [2.45, 2.75) is 47.1 Å². The van der Waals surface area contributed by atoms with Crippen molar-refractivity contribution < 1.29 is 9.53 Å². The normalized spacial score (nSPS) is 11.2. The Hall–Kier alpha value is -1.51. The predicted molar refractivity (Wildman–Crippen MR) is 78.3 cm³/mol. The van der Waals surface area contributed by atoms with E-state index in [1.807, 2.05) is 12.1 Å².